The fourth-order valence-corrected chi connectivity index (χ4v) is 3.67. The van der Waals surface area contributed by atoms with Gasteiger partial charge in [0.25, 0.3) is 0 Å². The molecule has 0 bridgehead atoms. The lowest BCUT2D eigenvalue weighted by molar-refractivity contribution is 0.303. The molecule has 142 valence electrons. The molecule has 2 nitrogen and oxygen atoms in total. The summed E-state index contributed by atoms with van der Waals surface area (Å²) in [5.74, 6) is 0.868. The molecule has 0 heterocycles. The highest BCUT2D eigenvalue weighted by atomic mass is 35.5. The zero-order chi connectivity index (χ0) is 19.1. The Kier molecular flexibility index (Phi) is 7.40. The number of rotatable bonds is 9. The fourth-order valence-electron chi connectivity index (χ4n) is 3.17. The standard InChI is InChI=1S/C23H25Cl2NO/c1-2-3-6-14-26-15-19-18-9-5-4-8-17(18)12-13-23(19)27-16-20-21(24)10-7-11-22(20)25/h4-5,7-13,26H,2-3,6,14-16H2,1H3. The van der Waals surface area contributed by atoms with Gasteiger partial charge >= 0.3 is 0 Å². The maximum atomic E-state index is 6.29. The van der Waals surface area contributed by atoms with Crippen molar-refractivity contribution >= 4 is 34.0 Å². The Morgan fingerprint density at radius 3 is 2.41 bits per heavy atom. The lowest BCUT2D eigenvalue weighted by Crippen LogP contribution is -2.16. The number of benzene rings is 3. The first-order valence-electron chi connectivity index (χ1n) is 9.47. The lowest BCUT2D eigenvalue weighted by Gasteiger charge is -2.16. The molecular formula is C23H25Cl2NO. The third-order valence-electron chi connectivity index (χ3n) is 4.69. The van der Waals surface area contributed by atoms with Crippen molar-refractivity contribution < 1.29 is 4.74 Å². The van der Waals surface area contributed by atoms with Crippen molar-refractivity contribution in [2.45, 2.75) is 39.3 Å². The molecule has 27 heavy (non-hydrogen) atoms. The van der Waals surface area contributed by atoms with Gasteiger partial charge in [0.15, 0.2) is 0 Å². The molecule has 0 aliphatic carbocycles. The number of hydrogen-bond donors (Lipinski definition) is 1. The monoisotopic (exact) mass is 401 g/mol. The Morgan fingerprint density at radius 2 is 1.63 bits per heavy atom. The molecule has 3 aromatic carbocycles. The van der Waals surface area contributed by atoms with Gasteiger partial charge in [-0.2, -0.15) is 0 Å². The predicted octanol–water partition coefficient (Wildman–Crippen LogP) is 7.01. The van der Waals surface area contributed by atoms with Gasteiger partial charge in [-0.1, -0.05) is 79.4 Å². The smallest absolute Gasteiger partial charge is 0.124 e. The Bertz CT molecular complexity index is 874. The normalized spacial score (nSPS) is 11.1. The molecule has 0 aliphatic heterocycles. The highest BCUT2D eigenvalue weighted by Gasteiger charge is 2.11. The van der Waals surface area contributed by atoms with Crippen molar-refractivity contribution in [1.82, 2.24) is 5.32 Å². The Hall–Kier alpha value is -1.74. The van der Waals surface area contributed by atoms with Crippen LogP contribution in [0, 0.1) is 0 Å². The average molecular weight is 402 g/mol. The highest BCUT2D eigenvalue weighted by Crippen LogP contribution is 2.31. The van der Waals surface area contributed by atoms with Crippen molar-refractivity contribution in [1.29, 1.82) is 0 Å². The second-order valence-electron chi connectivity index (χ2n) is 6.64. The SMILES string of the molecule is CCCCCNCc1c(OCc2c(Cl)cccc2Cl)ccc2ccccc12. The van der Waals surface area contributed by atoms with Gasteiger partial charge in [0.1, 0.15) is 12.4 Å². The van der Waals surface area contributed by atoms with Gasteiger partial charge in [-0.05, 0) is 41.9 Å². The van der Waals surface area contributed by atoms with Crippen LogP contribution in [0.2, 0.25) is 10.0 Å². The average Bonchev–Trinajstić information content (AvgIpc) is 2.68. The number of ether oxygens (including phenoxy) is 1. The molecule has 0 spiro atoms. The summed E-state index contributed by atoms with van der Waals surface area (Å²) in [7, 11) is 0. The van der Waals surface area contributed by atoms with Crippen molar-refractivity contribution in [2.75, 3.05) is 6.54 Å². The number of fused-ring (bicyclic) bond motifs is 1. The van der Waals surface area contributed by atoms with E-state index < -0.39 is 0 Å². The second kappa shape index (κ2) is 9.98. The van der Waals surface area contributed by atoms with E-state index in [9.17, 15) is 0 Å². The summed E-state index contributed by atoms with van der Waals surface area (Å²) >= 11 is 12.6. The first-order chi connectivity index (χ1) is 13.2. The van der Waals surface area contributed by atoms with Crippen LogP contribution in [0.3, 0.4) is 0 Å². The van der Waals surface area contributed by atoms with E-state index in [-0.39, 0.29) is 0 Å². The number of unbranched alkanes of at least 4 members (excludes halogenated alkanes) is 2. The number of hydrogen-bond acceptors (Lipinski definition) is 2. The number of halogens is 2. The van der Waals surface area contributed by atoms with Crippen LogP contribution in [0.4, 0.5) is 0 Å². The summed E-state index contributed by atoms with van der Waals surface area (Å²) in [5, 5.41) is 7.24. The highest BCUT2D eigenvalue weighted by molar-refractivity contribution is 6.35. The van der Waals surface area contributed by atoms with E-state index in [0.717, 1.165) is 24.4 Å². The van der Waals surface area contributed by atoms with Gasteiger partial charge < -0.3 is 10.1 Å². The van der Waals surface area contributed by atoms with Crippen molar-refractivity contribution in [3.05, 3.63) is 75.8 Å². The topological polar surface area (TPSA) is 21.3 Å². The largest absolute Gasteiger partial charge is 0.488 e. The van der Waals surface area contributed by atoms with E-state index in [4.69, 9.17) is 27.9 Å². The van der Waals surface area contributed by atoms with E-state index in [1.807, 2.05) is 24.3 Å². The fraction of sp³-hybridized carbons (Fsp3) is 0.304. The van der Waals surface area contributed by atoms with Crippen LogP contribution in [0.1, 0.15) is 37.3 Å². The van der Waals surface area contributed by atoms with Crippen LogP contribution in [-0.2, 0) is 13.2 Å². The van der Waals surface area contributed by atoms with Crippen molar-refractivity contribution in [3.8, 4) is 5.75 Å². The van der Waals surface area contributed by atoms with E-state index >= 15 is 0 Å². The van der Waals surface area contributed by atoms with E-state index in [1.165, 1.54) is 35.6 Å². The molecule has 1 N–H and O–H groups in total. The Morgan fingerprint density at radius 1 is 0.852 bits per heavy atom. The predicted molar refractivity (Wildman–Crippen MR) is 116 cm³/mol. The zero-order valence-corrected chi connectivity index (χ0v) is 17.1. The third-order valence-corrected chi connectivity index (χ3v) is 5.40. The summed E-state index contributed by atoms with van der Waals surface area (Å²) in [6.07, 6.45) is 3.66. The number of nitrogens with one attached hydrogen (secondary N) is 1. The van der Waals surface area contributed by atoms with Crippen LogP contribution in [-0.4, -0.2) is 6.54 Å². The maximum absolute atomic E-state index is 6.29. The minimum Gasteiger partial charge on any atom is -0.488 e. The first kappa shape index (κ1) is 20.0. The first-order valence-corrected chi connectivity index (χ1v) is 10.2. The molecule has 0 saturated carbocycles. The Labute approximate surface area is 171 Å². The molecule has 0 radical (unpaired) electrons. The molecule has 0 aromatic heterocycles. The van der Waals surface area contributed by atoms with Gasteiger partial charge in [0.05, 0.1) is 0 Å². The summed E-state index contributed by atoms with van der Waals surface area (Å²) in [6, 6.07) is 18.1. The van der Waals surface area contributed by atoms with E-state index in [1.54, 1.807) is 0 Å². The van der Waals surface area contributed by atoms with Gasteiger partial charge in [0, 0.05) is 27.7 Å². The molecule has 0 fully saturated rings. The molecule has 0 unspecified atom stereocenters. The molecule has 3 aromatic rings. The molecular weight excluding hydrogens is 377 g/mol. The lowest BCUT2D eigenvalue weighted by atomic mass is 10.0. The minimum absolute atomic E-state index is 0.347. The summed E-state index contributed by atoms with van der Waals surface area (Å²) in [4.78, 5) is 0. The molecule has 0 saturated heterocycles. The molecule has 0 aliphatic rings. The van der Waals surface area contributed by atoms with Crippen LogP contribution < -0.4 is 10.1 Å². The van der Waals surface area contributed by atoms with Crippen LogP contribution in [0.15, 0.2) is 54.6 Å². The molecule has 0 atom stereocenters. The van der Waals surface area contributed by atoms with Crippen LogP contribution >= 0.6 is 23.2 Å². The van der Waals surface area contributed by atoms with Gasteiger partial charge in [-0.15, -0.1) is 0 Å². The third kappa shape index (κ3) is 5.16. The van der Waals surface area contributed by atoms with Gasteiger partial charge in [0.2, 0.25) is 0 Å². The molecule has 3 rings (SSSR count). The van der Waals surface area contributed by atoms with E-state index in [2.05, 4.69) is 42.6 Å². The second-order valence-corrected chi connectivity index (χ2v) is 7.45. The maximum Gasteiger partial charge on any atom is 0.124 e. The summed E-state index contributed by atoms with van der Waals surface area (Å²) in [6.45, 7) is 4.35. The minimum atomic E-state index is 0.347. The summed E-state index contributed by atoms with van der Waals surface area (Å²) in [5.41, 5.74) is 1.99. The Balaban J connectivity index is 1.82. The van der Waals surface area contributed by atoms with Gasteiger partial charge in [-0.25, -0.2) is 0 Å². The summed E-state index contributed by atoms with van der Waals surface area (Å²) < 4.78 is 6.16. The van der Waals surface area contributed by atoms with E-state index in [0.29, 0.717) is 16.7 Å². The zero-order valence-electron chi connectivity index (χ0n) is 15.6. The van der Waals surface area contributed by atoms with Crippen LogP contribution in [0.25, 0.3) is 10.8 Å². The quantitative estimate of drug-likeness (QED) is 0.389. The van der Waals surface area contributed by atoms with Crippen LogP contribution in [0.5, 0.6) is 5.75 Å². The molecule has 0 amide bonds. The van der Waals surface area contributed by atoms with Crippen molar-refractivity contribution in [3.63, 3.8) is 0 Å². The molecule has 4 heteroatoms. The van der Waals surface area contributed by atoms with Gasteiger partial charge in [-0.3, -0.25) is 0 Å². The van der Waals surface area contributed by atoms with Crippen molar-refractivity contribution in [2.24, 2.45) is 0 Å².